The van der Waals surface area contributed by atoms with Crippen LogP contribution in [0.4, 0.5) is 11.4 Å². The van der Waals surface area contributed by atoms with Crippen LogP contribution in [0.1, 0.15) is 24.5 Å². The molecule has 0 radical (unpaired) electrons. The average Bonchev–Trinajstić information content (AvgIpc) is 2.53. The molecule has 0 aliphatic heterocycles. The van der Waals surface area contributed by atoms with Gasteiger partial charge in [-0.05, 0) is 24.6 Å². The van der Waals surface area contributed by atoms with E-state index in [0.29, 0.717) is 17.2 Å². The van der Waals surface area contributed by atoms with Crippen molar-refractivity contribution in [3.8, 4) is 0 Å². The molecule has 0 heterocycles. The topological polar surface area (TPSA) is 76.4 Å². The minimum Gasteiger partial charge on any atom is -0.398 e. The van der Waals surface area contributed by atoms with Crippen LogP contribution < -0.4 is 16.8 Å². The second-order valence-corrected chi connectivity index (χ2v) is 5.00. The van der Waals surface area contributed by atoms with Crippen molar-refractivity contribution in [2.45, 2.75) is 13.3 Å². The Kier molecular flexibility index (Phi) is 5.20. The molecular formula is C18H22N4. The van der Waals surface area contributed by atoms with E-state index < -0.39 is 0 Å². The van der Waals surface area contributed by atoms with Crippen LogP contribution >= 0.6 is 0 Å². The van der Waals surface area contributed by atoms with Crippen molar-refractivity contribution in [1.29, 1.82) is 0 Å². The SMILES string of the molecule is C=C(N=C(N)c1ccccc1N)c1ccccc1NCCC. The lowest BCUT2D eigenvalue weighted by atomic mass is 10.1. The molecule has 0 unspecified atom stereocenters. The number of nitrogen functional groups attached to an aromatic ring is 1. The molecule has 4 heteroatoms. The minimum atomic E-state index is 0.369. The Morgan fingerprint density at radius 2 is 1.73 bits per heavy atom. The quantitative estimate of drug-likeness (QED) is 0.434. The molecule has 114 valence electrons. The van der Waals surface area contributed by atoms with Crippen LogP contribution in [0.15, 0.2) is 60.1 Å². The zero-order chi connectivity index (χ0) is 15.9. The molecule has 0 aromatic heterocycles. The normalized spacial score (nSPS) is 11.2. The number of nitrogens with two attached hydrogens (primary N) is 2. The van der Waals surface area contributed by atoms with Gasteiger partial charge < -0.3 is 16.8 Å². The molecule has 4 nitrogen and oxygen atoms in total. The zero-order valence-electron chi connectivity index (χ0n) is 12.8. The second kappa shape index (κ2) is 7.31. The number of amidine groups is 1. The minimum absolute atomic E-state index is 0.369. The van der Waals surface area contributed by atoms with Crippen LogP contribution in [0.3, 0.4) is 0 Å². The van der Waals surface area contributed by atoms with Gasteiger partial charge in [-0.3, -0.25) is 0 Å². The Hall–Kier alpha value is -2.75. The summed E-state index contributed by atoms with van der Waals surface area (Å²) in [6, 6.07) is 15.3. The largest absolute Gasteiger partial charge is 0.398 e. The molecule has 22 heavy (non-hydrogen) atoms. The summed E-state index contributed by atoms with van der Waals surface area (Å²) < 4.78 is 0. The fourth-order valence-electron chi connectivity index (χ4n) is 2.14. The lowest BCUT2D eigenvalue weighted by Crippen LogP contribution is -2.15. The molecule has 0 aliphatic rings. The predicted molar refractivity (Wildman–Crippen MR) is 95.8 cm³/mol. The second-order valence-electron chi connectivity index (χ2n) is 5.00. The van der Waals surface area contributed by atoms with E-state index in [4.69, 9.17) is 11.5 Å². The highest BCUT2D eigenvalue weighted by Crippen LogP contribution is 2.24. The molecular weight excluding hydrogens is 272 g/mol. The van der Waals surface area contributed by atoms with E-state index in [0.717, 1.165) is 29.8 Å². The molecule has 0 saturated heterocycles. The van der Waals surface area contributed by atoms with Gasteiger partial charge in [0.2, 0.25) is 0 Å². The summed E-state index contributed by atoms with van der Waals surface area (Å²) in [4.78, 5) is 4.43. The van der Waals surface area contributed by atoms with Crippen molar-refractivity contribution in [1.82, 2.24) is 0 Å². The van der Waals surface area contributed by atoms with Crippen molar-refractivity contribution < 1.29 is 0 Å². The summed E-state index contributed by atoms with van der Waals surface area (Å²) in [5, 5.41) is 3.37. The van der Waals surface area contributed by atoms with Gasteiger partial charge in [-0.15, -0.1) is 0 Å². The Bertz CT molecular complexity index is 689. The van der Waals surface area contributed by atoms with Crippen LogP contribution in [-0.2, 0) is 0 Å². The van der Waals surface area contributed by atoms with Crippen LogP contribution in [0.5, 0.6) is 0 Å². The number of benzene rings is 2. The third kappa shape index (κ3) is 3.67. The van der Waals surface area contributed by atoms with Gasteiger partial charge in [0.1, 0.15) is 5.84 Å². The fourth-order valence-corrected chi connectivity index (χ4v) is 2.14. The Labute approximate surface area is 131 Å². The number of anilines is 2. The Morgan fingerprint density at radius 1 is 1.09 bits per heavy atom. The van der Waals surface area contributed by atoms with Gasteiger partial charge in [0.15, 0.2) is 0 Å². The maximum atomic E-state index is 6.07. The maximum Gasteiger partial charge on any atom is 0.133 e. The molecule has 0 amide bonds. The summed E-state index contributed by atoms with van der Waals surface area (Å²) in [6.45, 7) is 7.06. The molecule has 5 N–H and O–H groups in total. The van der Waals surface area contributed by atoms with E-state index in [9.17, 15) is 0 Å². The highest BCUT2D eigenvalue weighted by Gasteiger charge is 2.07. The number of hydrogen-bond donors (Lipinski definition) is 3. The molecule has 2 rings (SSSR count). The van der Waals surface area contributed by atoms with Gasteiger partial charge in [-0.25, -0.2) is 4.99 Å². The average molecular weight is 294 g/mol. The first-order valence-corrected chi connectivity index (χ1v) is 7.34. The van der Waals surface area contributed by atoms with E-state index in [-0.39, 0.29) is 0 Å². The van der Waals surface area contributed by atoms with E-state index >= 15 is 0 Å². The molecule has 0 spiro atoms. The van der Waals surface area contributed by atoms with Crippen LogP contribution in [-0.4, -0.2) is 12.4 Å². The monoisotopic (exact) mass is 294 g/mol. The Morgan fingerprint density at radius 3 is 2.41 bits per heavy atom. The maximum absolute atomic E-state index is 6.07. The summed E-state index contributed by atoms with van der Waals surface area (Å²) in [6.07, 6.45) is 1.05. The van der Waals surface area contributed by atoms with Crippen molar-refractivity contribution in [2.75, 3.05) is 17.6 Å². The van der Waals surface area contributed by atoms with Gasteiger partial charge in [-0.1, -0.05) is 43.8 Å². The molecule has 0 saturated carbocycles. The molecule has 0 aliphatic carbocycles. The number of hydrogen-bond acceptors (Lipinski definition) is 3. The summed E-state index contributed by atoms with van der Waals surface area (Å²) in [5.41, 5.74) is 15.9. The van der Waals surface area contributed by atoms with Crippen LogP contribution in [0.25, 0.3) is 5.70 Å². The lowest BCUT2D eigenvalue weighted by molar-refractivity contribution is 0.979. The zero-order valence-corrected chi connectivity index (χ0v) is 12.8. The number of rotatable bonds is 6. The van der Waals surface area contributed by atoms with Gasteiger partial charge in [-0.2, -0.15) is 0 Å². The van der Waals surface area contributed by atoms with Crippen LogP contribution in [0.2, 0.25) is 0 Å². The van der Waals surface area contributed by atoms with Crippen molar-refractivity contribution in [3.05, 3.63) is 66.2 Å². The van der Waals surface area contributed by atoms with E-state index in [1.165, 1.54) is 0 Å². The molecule has 0 fully saturated rings. The summed E-state index contributed by atoms with van der Waals surface area (Å²) in [5.74, 6) is 0.369. The van der Waals surface area contributed by atoms with E-state index in [2.05, 4.69) is 23.8 Å². The van der Waals surface area contributed by atoms with Gasteiger partial charge in [0, 0.05) is 29.0 Å². The molecule has 2 aromatic rings. The first kappa shape index (κ1) is 15.6. The first-order valence-electron chi connectivity index (χ1n) is 7.34. The number of nitrogens with zero attached hydrogens (tertiary/aromatic N) is 1. The van der Waals surface area contributed by atoms with Gasteiger partial charge >= 0.3 is 0 Å². The number of para-hydroxylation sites is 2. The summed E-state index contributed by atoms with van der Waals surface area (Å²) >= 11 is 0. The van der Waals surface area contributed by atoms with E-state index in [1.807, 2.05) is 42.5 Å². The lowest BCUT2D eigenvalue weighted by Gasteiger charge is -2.12. The first-order chi connectivity index (χ1) is 10.6. The van der Waals surface area contributed by atoms with Crippen molar-refractivity contribution >= 4 is 22.9 Å². The van der Waals surface area contributed by atoms with E-state index in [1.54, 1.807) is 6.07 Å². The number of nitrogens with one attached hydrogen (secondary N) is 1. The smallest absolute Gasteiger partial charge is 0.133 e. The fraction of sp³-hybridized carbons (Fsp3) is 0.167. The van der Waals surface area contributed by atoms with Crippen LogP contribution in [0, 0.1) is 0 Å². The molecule has 0 bridgehead atoms. The number of aliphatic imine (C=N–C) groups is 1. The Balaban J connectivity index is 2.29. The van der Waals surface area contributed by atoms with Crippen molar-refractivity contribution in [3.63, 3.8) is 0 Å². The third-order valence-electron chi connectivity index (χ3n) is 3.30. The predicted octanol–water partition coefficient (Wildman–Crippen LogP) is 3.47. The summed E-state index contributed by atoms with van der Waals surface area (Å²) in [7, 11) is 0. The third-order valence-corrected chi connectivity index (χ3v) is 3.30. The standard InChI is InChI=1S/C18H22N4/c1-3-12-21-17-11-7-5-8-14(17)13(2)22-18(20)15-9-4-6-10-16(15)19/h4-11,21H,2-3,12,19H2,1H3,(H2,20,22). The van der Waals surface area contributed by atoms with Gasteiger partial charge in [0.05, 0.1) is 5.70 Å². The highest BCUT2D eigenvalue weighted by molar-refractivity contribution is 6.04. The molecule has 2 aromatic carbocycles. The van der Waals surface area contributed by atoms with Gasteiger partial charge in [0.25, 0.3) is 0 Å². The highest BCUT2D eigenvalue weighted by atomic mass is 14.9. The van der Waals surface area contributed by atoms with Crippen molar-refractivity contribution in [2.24, 2.45) is 10.7 Å². The molecule has 0 atom stereocenters.